The van der Waals surface area contributed by atoms with Crippen LogP contribution in [0.2, 0.25) is 0 Å². The Kier molecular flexibility index (Phi) is 5.35. The predicted molar refractivity (Wildman–Crippen MR) is 89.3 cm³/mol. The van der Waals surface area contributed by atoms with Crippen LogP contribution in [-0.2, 0) is 6.42 Å². The van der Waals surface area contributed by atoms with Crippen LogP contribution in [0.4, 0.5) is 0 Å². The summed E-state index contributed by atoms with van der Waals surface area (Å²) in [6, 6.07) is 4.75. The van der Waals surface area contributed by atoms with Gasteiger partial charge in [0, 0.05) is 36.3 Å². The maximum atomic E-state index is 13.0. The minimum Gasteiger partial charge on any atom is -0.333 e. The quantitative estimate of drug-likeness (QED) is 0.762. The summed E-state index contributed by atoms with van der Waals surface area (Å²) in [5.74, 6) is 0.750. The molecule has 0 spiro atoms. The lowest BCUT2D eigenvalue weighted by Gasteiger charge is -2.34. The van der Waals surface area contributed by atoms with Crippen LogP contribution >= 0.6 is 11.6 Å². The Labute approximate surface area is 138 Å². The summed E-state index contributed by atoms with van der Waals surface area (Å²) >= 11 is 5.75. The largest absolute Gasteiger partial charge is 0.333 e. The number of aromatic nitrogens is 1. The lowest BCUT2D eigenvalue weighted by molar-refractivity contribution is 0.0580. The van der Waals surface area contributed by atoms with Crippen molar-refractivity contribution in [3.8, 4) is 0 Å². The molecule has 22 heavy (non-hydrogen) atoms. The molecule has 1 amide bonds. The smallest absolute Gasteiger partial charge is 0.255 e. The highest BCUT2D eigenvalue weighted by Gasteiger charge is 2.34. The number of alkyl halides is 1. The molecule has 4 heteroatoms. The number of pyridine rings is 1. The van der Waals surface area contributed by atoms with E-state index in [9.17, 15) is 4.79 Å². The van der Waals surface area contributed by atoms with Gasteiger partial charge in [0.15, 0.2) is 0 Å². The minimum atomic E-state index is 0.184. The number of aryl methyl sites for hydroxylation is 1. The zero-order valence-corrected chi connectivity index (χ0v) is 13.9. The number of hydrogen-bond donors (Lipinski definition) is 0. The number of carbonyl (C=O) groups is 1. The van der Waals surface area contributed by atoms with Crippen LogP contribution in [-0.4, -0.2) is 33.8 Å². The summed E-state index contributed by atoms with van der Waals surface area (Å²) in [5.41, 5.74) is 1.69. The van der Waals surface area contributed by atoms with Crippen LogP contribution < -0.4 is 0 Å². The zero-order chi connectivity index (χ0) is 15.4. The molecule has 2 saturated carbocycles. The molecular weight excluding hydrogens is 296 g/mol. The molecule has 1 aromatic heterocycles. The van der Waals surface area contributed by atoms with Crippen molar-refractivity contribution in [3.05, 3.63) is 29.6 Å². The van der Waals surface area contributed by atoms with Crippen LogP contribution in [0.25, 0.3) is 0 Å². The molecule has 0 aliphatic heterocycles. The Balaban J connectivity index is 1.78. The van der Waals surface area contributed by atoms with E-state index >= 15 is 0 Å². The van der Waals surface area contributed by atoms with E-state index in [0.717, 1.165) is 17.7 Å². The first-order valence-electron chi connectivity index (χ1n) is 8.63. The first-order valence-corrected chi connectivity index (χ1v) is 9.16. The minimum absolute atomic E-state index is 0.184. The van der Waals surface area contributed by atoms with Gasteiger partial charge in [-0.25, -0.2) is 0 Å². The van der Waals surface area contributed by atoms with Crippen molar-refractivity contribution in [1.82, 2.24) is 9.88 Å². The topological polar surface area (TPSA) is 33.2 Å². The number of amides is 1. The highest BCUT2D eigenvalue weighted by Crippen LogP contribution is 2.32. The van der Waals surface area contributed by atoms with E-state index in [0.29, 0.717) is 18.0 Å². The Morgan fingerprint density at radius 1 is 1.09 bits per heavy atom. The standard InChI is InChI=1S/C18H25ClN2O/c19-12-11-15-10-9-14(13-20-15)18(22)21(16-5-1-2-6-16)17-7-3-4-8-17/h9-10,13,16-17H,1-8,11-12H2. The average molecular weight is 321 g/mol. The molecule has 0 N–H and O–H groups in total. The molecule has 1 aromatic rings. The molecule has 0 radical (unpaired) electrons. The molecule has 120 valence electrons. The van der Waals surface area contributed by atoms with Crippen LogP contribution in [0.15, 0.2) is 18.3 Å². The van der Waals surface area contributed by atoms with Crippen LogP contribution in [0.1, 0.15) is 67.4 Å². The van der Waals surface area contributed by atoms with Gasteiger partial charge in [-0.2, -0.15) is 0 Å². The molecule has 2 aliphatic carbocycles. The number of halogens is 1. The molecule has 3 nitrogen and oxygen atoms in total. The Hall–Kier alpha value is -1.09. The molecule has 2 fully saturated rings. The van der Waals surface area contributed by atoms with Gasteiger partial charge in [0.1, 0.15) is 0 Å². The van der Waals surface area contributed by atoms with Crippen molar-refractivity contribution in [1.29, 1.82) is 0 Å². The van der Waals surface area contributed by atoms with Crippen LogP contribution in [0, 0.1) is 0 Å². The summed E-state index contributed by atoms with van der Waals surface area (Å²) < 4.78 is 0. The lowest BCUT2D eigenvalue weighted by Crippen LogP contribution is -2.45. The maximum Gasteiger partial charge on any atom is 0.255 e. The molecule has 0 unspecified atom stereocenters. The maximum absolute atomic E-state index is 13.0. The van der Waals surface area contributed by atoms with Crippen molar-refractivity contribution in [2.75, 3.05) is 5.88 Å². The molecule has 1 heterocycles. The van der Waals surface area contributed by atoms with Gasteiger partial charge in [-0.1, -0.05) is 25.7 Å². The summed E-state index contributed by atoms with van der Waals surface area (Å²) in [6.07, 6.45) is 12.2. The molecule has 0 atom stereocenters. The van der Waals surface area contributed by atoms with Gasteiger partial charge in [-0.15, -0.1) is 11.6 Å². The van der Waals surface area contributed by atoms with E-state index in [2.05, 4.69) is 9.88 Å². The van der Waals surface area contributed by atoms with Gasteiger partial charge in [0.25, 0.3) is 5.91 Å². The third-order valence-electron chi connectivity index (χ3n) is 5.09. The number of hydrogen-bond acceptors (Lipinski definition) is 2. The van der Waals surface area contributed by atoms with Crippen LogP contribution in [0.5, 0.6) is 0 Å². The second kappa shape index (κ2) is 7.45. The summed E-state index contributed by atoms with van der Waals surface area (Å²) in [4.78, 5) is 19.6. The fourth-order valence-corrected chi connectivity index (χ4v) is 4.13. The van der Waals surface area contributed by atoms with Crippen molar-refractivity contribution in [2.24, 2.45) is 0 Å². The summed E-state index contributed by atoms with van der Waals surface area (Å²) in [7, 11) is 0. The Morgan fingerprint density at radius 2 is 1.68 bits per heavy atom. The third-order valence-corrected chi connectivity index (χ3v) is 5.28. The molecule has 3 rings (SSSR count). The van der Waals surface area contributed by atoms with Crippen molar-refractivity contribution in [2.45, 2.75) is 69.9 Å². The normalized spacial score (nSPS) is 19.7. The van der Waals surface area contributed by atoms with Gasteiger partial charge >= 0.3 is 0 Å². The van der Waals surface area contributed by atoms with E-state index in [-0.39, 0.29) is 5.91 Å². The lowest BCUT2D eigenvalue weighted by atomic mass is 10.1. The Bertz CT molecular complexity index is 474. The second-order valence-corrected chi connectivity index (χ2v) is 6.94. The van der Waals surface area contributed by atoms with Gasteiger partial charge in [0.2, 0.25) is 0 Å². The van der Waals surface area contributed by atoms with E-state index in [1.54, 1.807) is 6.20 Å². The molecule has 0 bridgehead atoms. The number of rotatable bonds is 5. The third kappa shape index (κ3) is 3.45. The Morgan fingerprint density at radius 3 is 2.14 bits per heavy atom. The van der Waals surface area contributed by atoms with Crippen LogP contribution in [0.3, 0.4) is 0 Å². The first-order chi connectivity index (χ1) is 10.8. The second-order valence-electron chi connectivity index (χ2n) is 6.57. The van der Waals surface area contributed by atoms with E-state index in [1.165, 1.54) is 51.4 Å². The molecular formula is C18H25ClN2O. The fraction of sp³-hybridized carbons (Fsp3) is 0.667. The summed E-state index contributed by atoms with van der Waals surface area (Å²) in [5, 5.41) is 0. The van der Waals surface area contributed by atoms with Gasteiger partial charge in [-0.3, -0.25) is 9.78 Å². The molecule has 0 aromatic carbocycles. The number of nitrogens with zero attached hydrogens (tertiary/aromatic N) is 2. The highest BCUT2D eigenvalue weighted by molar-refractivity contribution is 6.17. The van der Waals surface area contributed by atoms with E-state index in [1.807, 2.05) is 12.1 Å². The van der Waals surface area contributed by atoms with Gasteiger partial charge in [0.05, 0.1) is 5.56 Å². The SMILES string of the molecule is O=C(c1ccc(CCCl)nc1)N(C1CCCC1)C1CCCC1. The van der Waals surface area contributed by atoms with Gasteiger partial charge < -0.3 is 4.90 Å². The average Bonchev–Trinajstić information content (AvgIpc) is 3.22. The first kappa shape index (κ1) is 15.8. The van der Waals surface area contributed by atoms with Gasteiger partial charge in [-0.05, 0) is 37.8 Å². The van der Waals surface area contributed by atoms with Crippen molar-refractivity contribution >= 4 is 17.5 Å². The monoisotopic (exact) mass is 320 g/mol. The zero-order valence-electron chi connectivity index (χ0n) is 13.1. The predicted octanol–water partition coefficient (Wildman–Crippen LogP) is 4.19. The molecule has 0 saturated heterocycles. The number of carbonyl (C=O) groups excluding carboxylic acids is 1. The fourth-order valence-electron chi connectivity index (χ4n) is 3.94. The summed E-state index contributed by atoms with van der Waals surface area (Å²) in [6.45, 7) is 0. The van der Waals surface area contributed by atoms with E-state index in [4.69, 9.17) is 11.6 Å². The molecule has 2 aliphatic rings. The van der Waals surface area contributed by atoms with E-state index < -0.39 is 0 Å². The van der Waals surface area contributed by atoms with Crippen molar-refractivity contribution < 1.29 is 4.79 Å². The highest BCUT2D eigenvalue weighted by atomic mass is 35.5. The van der Waals surface area contributed by atoms with Crippen molar-refractivity contribution in [3.63, 3.8) is 0 Å².